The molecule has 1 aromatic heterocycles. The monoisotopic (exact) mass is 378 g/mol. The molecule has 2 amide bonds. The average molecular weight is 378 g/mol. The van der Waals surface area contributed by atoms with Crippen LogP contribution in [0.15, 0.2) is 10.6 Å². The molecule has 1 N–H and O–H groups in total. The van der Waals surface area contributed by atoms with E-state index in [2.05, 4.69) is 15.4 Å². The van der Waals surface area contributed by atoms with Crippen molar-refractivity contribution >= 4 is 11.8 Å². The lowest BCUT2D eigenvalue weighted by molar-refractivity contribution is -0.137. The molecule has 8 heteroatoms. The van der Waals surface area contributed by atoms with E-state index < -0.39 is 0 Å². The molecule has 8 nitrogen and oxygen atoms in total. The van der Waals surface area contributed by atoms with Crippen molar-refractivity contribution in [1.29, 1.82) is 0 Å². The van der Waals surface area contributed by atoms with E-state index >= 15 is 0 Å². The number of ether oxygens (including phenoxy) is 1. The van der Waals surface area contributed by atoms with Gasteiger partial charge >= 0.3 is 0 Å². The lowest BCUT2D eigenvalue weighted by Crippen LogP contribution is -2.50. The van der Waals surface area contributed by atoms with Crippen LogP contribution in [0.5, 0.6) is 0 Å². The summed E-state index contributed by atoms with van der Waals surface area (Å²) >= 11 is 0. The van der Waals surface area contributed by atoms with Gasteiger partial charge in [-0.3, -0.25) is 14.5 Å². The molecule has 0 unspecified atom stereocenters. The average Bonchev–Trinajstić information content (AvgIpc) is 3.30. The van der Waals surface area contributed by atoms with Gasteiger partial charge < -0.3 is 19.5 Å². The molecule has 0 saturated carbocycles. The largest absolute Gasteiger partial charge is 0.381 e. The number of hydrogen-bond acceptors (Lipinski definition) is 6. The summed E-state index contributed by atoms with van der Waals surface area (Å²) in [6.45, 7) is 9.29. The summed E-state index contributed by atoms with van der Waals surface area (Å²) in [6, 6.07) is 1.65. The number of aryl methyl sites for hydroxylation is 1. The summed E-state index contributed by atoms with van der Waals surface area (Å²) in [5.41, 5.74) is 0.671. The van der Waals surface area contributed by atoms with Gasteiger partial charge in [0.2, 0.25) is 11.7 Å². The highest BCUT2D eigenvalue weighted by Gasteiger charge is 2.42. The molecule has 2 atom stereocenters. The van der Waals surface area contributed by atoms with Crippen molar-refractivity contribution in [3.63, 3.8) is 0 Å². The lowest BCUT2D eigenvalue weighted by Gasteiger charge is -2.36. The first kappa shape index (κ1) is 19.8. The van der Waals surface area contributed by atoms with E-state index in [1.54, 1.807) is 13.0 Å². The number of nitrogens with one attached hydrogen (secondary N) is 1. The number of likely N-dealkylation sites (tertiary alicyclic amines) is 1. The Hall–Kier alpha value is -1.93. The zero-order chi connectivity index (χ0) is 19.4. The first-order valence-corrected chi connectivity index (χ1v) is 9.89. The Kier molecular flexibility index (Phi) is 6.49. The molecular formula is C19H30N4O4. The fourth-order valence-corrected chi connectivity index (χ4v) is 4.10. The Bertz CT molecular complexity index is 652. The zero-order valence-electron chi connectivity index (χ0n) is 16.4. The van der Waals surface area contributed by atoms with Crippen LogP contribution in [-0.4, -0.2) is 77.7 Å². The first-order chi connectivity index (χ1) is 13.0. The second-order valence-corrected chi connectivity index (χ2v) is 7.31. The van der Waals surface area contributed by atoms with Gasteiger partial charge in [-0.25, -0.2) is 0 Å². The SMILES string of the molecule is CCN(CC)C(=O)[C@@H]1C[C@@H](NC(=O)c2cc(C)no2)CN1C1CCOCC1. The normalized spacial score (nSPS) is 24.1. The van der Waals surface area contributed by atoms with Gasteiger partial charge in [-0.1, -0.05) is 5.16 Å². The molecular weight excluding hydrogens is 348 g/mol. The molecule has 2 saturated heterocycles. The van der Waals surface area contributed by atoms with Crippen molar-refractivity contribution < 1.29 is 18.8 Å². The predicted octanol–water partition coefficient (Wildman–Crippen LogP) is 1.20. The number of hydrogen-bond donors (Lipinski definition) is 1. The minimum Gasteiger partial charge on any atom is -0.381 e. The Labute approximate surface area is 160 Å². The van der Waals surface area contributed by atoms with E-state index in [4.69, 9.17) is 9.26 Å². The Balaban J connectivity index is 1.71. The first-order valence-electron chi connectivity index (χ1n) is 9.89. The van der Waals surface area contributed by atoms with Gasteiger partial charge in [-0.15, -0.1) is 0 Å². The molecule has 27 heavy (non-hydrogen) atoms. The van der Waals surface area contributed by atoms with Gasteiger partial charge in [0, 0.05) is 51.0 Å². The maximum Gasteiger partial charge on any atom is 0.290 e. The van der Waals surface area contributed by atoms with Crippen LogP contribution in [0.2, 0.25) is 0 Å². The molecule has 0 bridgehead atoms. The van der Waals surface area contributed by atoms with Crippen LogP contribution in [0.3, 0.4) is 0 Å². The van der Waals surface area contributed by atoms with Crippen LogP contribution in [0.4, 0.5) is 0 Å². The molecule has 0 aromatic carbocycles. The highest BCUT2D eigenvalue weighted by Crippen LogP contribution is 2.27. The third-order valence-corrected chi connectivity index (χ3v) is 5.55. The van der Waals surface area contributed by atoms with Gasteiger partial charge in [0.15, 0.2) is 0 Å². The third kappa shape index (κ3) is 4.50. The molecule has 2 aliphatic heterocycles. The van der Waals surface area contributed by atoms with Gasteiger partial charge in [0.1, 0.15) is 0 Å². The van der Waals surface area contributed by atoms with Crippen LogP contribution in [0.25, 0.3) is 0 Å². The molecule has 2 aliphatic rings. The molecule has 1 aromatic rings. The van der Waals surface area contributed by atoms with Crippen LogP contribution >= 0.6 is 0 Å². The van der Waals surface area contributed by atoms with Crippen LogP contribution in [-0.2, 0) is 9.53 Å². The van der Waals surface area contributed by atoms with E-state index in [9.17, 15) is 9.59 Å². The van der Waals surface area contributed by atoms with Crippen molar-refractivity contribution in [2.45, 2.75) is 58.2 Å². The van der Waals surface area contributed by atoms with Gasteiger partial charge in [-0.2, -0.15) is 0 Å². The second kappa shape index (κ2) is 8.84. The highest BCUT2D eigenvalue weighted by molar-refractivity contribution is 5.91. The molecule has 2 fully saturated rings. The van der Waals surface area contributed by atoms with Crippen LogP contribution in [0.1, 0.15) is 49.4 Å². The van der Waals surface area contributed by atoms with E-state index in [0.29, 0.717) is 37.8 Å². The van der Waals surface area contributed by atoms with Gasteiger partial charge in [0.25, 0.3) is 5.91 Å². The fraction of sp³-hybridized carbons (Fsp3) is 0.737. The molecule has 3 heterocycles. The number of carbonyl (C=O) groups excluding carboxylic acids is 2. The summed E-state index contributed by atoms with van der Waals surface area (Å²) in [7, 11) is 0. The summed E-state index contributed by atoms with van der Waals surface area (Å²) in [6.07, 6.45) is 2.46. The quantitative estimate of drug-likeness (QED) is 0.800. The molecule has 0 spiro atoms. The topological polar surface area (TPSA) is 87.9 Å². The second-order valence-electron chi connectivity index (χ2n) is 7.31. The van der Waals surface area contributed by atoms with E-state index in [1.165, 1.54) is 0 Å². The highest BCUT2D eigenvalue weighted by atomic mass is 16.5. The number of nitrogens with zero attached hydrogens (tertiary/aromatic N) is 3. The van der Waals surface area contributed by atoms with Crippen molar-refractivity contribution in [2.24, 2.45) is 0 Å². The Morgan fingerprint density at radius 2 is 2.00 bits per heavy atom. The standard InChI is InChI=1S/C19H30N4O4/c1-4-22(5-2)19(25)16-11-14(12-23(16)15-6-8-26-9-7-15)20-18(24)17-10-13(3)21-27-17/h10,14-16H,4-9,11-12H2,1-3H3,(H,20,24)/t14-,16+/m1/s1. The number of amides is 2. The molecule has 0 aliphatic carbocycles. The van der Waals surface area contributed by atoms with Crippen molar-refractivity contribution in [3.05, 3.63) is 17.5 Å². The van der Waals surface area contributed by atoms with Crippen LogP contribution < -0.4 is 5.32 Å². The smallest absolute Gasteiger partial charge is 0.290 e. The predicted molar refractivity (Wildman–Crippen MR) is 99.4 cm³/mol. The minimum atomic E-state index is -0.275. The minimum absolute atomic E-state index is 0.0877. The zero-order valence-corrected chi connectivity index (χ0v) is 16.4. The summed E-state index contributed by atoms with van der Waals surface area (Å²) in [4.78, 5) is 29.7. The fourth-order valence-electron chi connectivity index (χ4n) is 4.10. The van der Waals surface area contributed by atoms with Gasteiger partial charge in [0.05, 0.1) is 11.7 Å². The Morgan fingerprint density at radius 1 is 1.30 bits per heavy atom. The van der Waals surface area contributed by atoms with Gasteiger partial charge in [-0.05, 0) is 40.0 Å². The maximum atomic E-state index is 13.1. The van der Waals surface area contributed by atoms with Crippen molar-refractivity contribution in [1.82, 2.24) is 20.3 Å². The van der Waals surface area contributed by atoms with Crippen molar-refractivity contribution in [2.75, 3.05) is 32.8 Å². The lowest BCUT2D eigenvalue weighted by atomic mass is 10.1. The summed E-state index contributed by atoms with van der Waals surface area (Å²) in [5, 5.41) is 6.79. The number of rotatable bonds is 6. The molecule has 3 rings (SSSR count). The summed E-state index contributed by atoms with van der Waals surface area (Å²) < 4.78 is 10.5. The van der Waals surface area contributed by atoms with E-state index in [1.807, 2.05) is 18.7 Å². The number of aromatic nitrogens is 1. The van der Waals surface area contributed by atoms with Crippen LogP contribution in [0, 0.1) is 6.92 Å². The Morgan fingerprint density at radius 3 is 2.59 bits per heavy atom. The maximum absolute atomic E-state index is 13.1. The molecule has 0 radical (unpaired) electrons. The van der Waals surface area contributed by atoms with E-state index in [0.717, 1.165) is 26.1 Å². The van der Waals surface area contributed by atoms with E-state index in [-0.39, 0.29) is 29.7 Å². The number of carbonyl (C=O) groups is 2. The summed E-state index contributed by atoms with van der Waals surface area (Å²) in [5.74, 6) is 0.0888. The van der Waals surface area contributed by atoms with Crippen molar-refractivity contribution in [3.8, 4) is 0 Å². The number of likely N-dealkylation sites (N-methyl/N-ethyl adjacent to an activating group) is 1. The third-order valence-electron chi connectivity index (χ3n) is 5.55. The molecule has 150 valence electrons.